The second kappa shape index (κ2) is 6.29. The van der Waals surface area contributed by atoms with Gasteiger partial charge in [0.15, 0.2) is 0 Å². The van der Waals surface area contributed by atoms with Crippen LogP contribution in [0.2, 0.25) is 0 Å². The summed E-state index contributed by atoms with van der Waals surface area (Å²) in [4.78, 5) is 27.2. The number of piperidine rings is 1. The van der Waals surface area contributed by atoms with Gasteiger partial charge in [-0.1, -0.05) is 0 Å². The van der Waals surface area contributed by atoms with Crippen molar-refractivity contribution in [3.8, 4) is 0 Å². The van der Waals surface area contributed by atoms with Crippen LogP contribution in [-0.4, -0.2) is 67.4 Å². The summed E-state index contributed by atoms with van der Waals surface area (Å²) in [7, 11) is 2.00. The molecular formula is C13H22N2O3. The molecule has 2 fully saturated rings. The van der Waals surface area contributed by atoms with Gasteiger partial charge in [0, 0.05) is 45.2 Å². The van der Waals surface area contributed by atoms with E-state index in [0.29, 0.717) is 38.5 Å². The maximum absolute atomic E-state index is 12.1. The highest BCUT2D eigenvalue weighted by Crippen LogP contribution is 2.13. The van der Waals surface area contributed by atoms with Crippen LogP contribution in [0.25, 0.3) is 0 Å². The number of nitrogens with zero attached hydrogens (tertiary/aromatic N) is 2. The molecule has 0 radical (unpaired) electrons. The van der Waals surface area contributed by atoms with Gasteiger partial charge in [-0.05, 0) is 19.9 Å². The number of carbonyl (C=O) groups excluding carboxylic acids is 2. The van der Waals surface area contributed by atoms with E-state index in [1.165, 1.54) is 0 Å². The van der Waals surface area contributed by atoms with Crippen LogP contribution in [0.4, 0.5) is 0 Å². The number of rotatable bonds is 3. The molecule has 2 heterocycles. The van der Waals surface area contributed by atoms with E-state index >= 15 is 0 Å². The Balaban J connectivity index is 1.77. The molecule has 2 aliphatic heterocycles. The number of ketones is 1. The first-order chi connectivity index (χ1) is 8.66. The predicted molar refractivity (Wildman–Crippen MR) is 67.3 cm³/mol. The van der Waals surface area contributed by atoms with Crippen molar-refractivity contribution in [3.63, 3.8) is 0 Å². The molecule has 0 aromatic rings. The SMILES string of the molecule is CN(CC(=O)N1CCC(=O)CC1)C1CCOCC1. The third kappa shape index (κ3) is 3.53. The molecule has 0 saturated carbocycles. The number of carbonyl (C=O) groups is 2. The zero-order chi connectivity index (χ0) is 13.0. The van der Waals surface area contributed by atoms with Gasteiger partial charge < -0.3 is 9.64 Å². The molecule has 0 spiro atoms. The number of Topliss-reactive ketones (excluding diaryl/α,β-unsaturated/α-hetero) is 1. The lowest BCUT2D eigenvalue weighted by molar-refractivity contribution is -0.136. The zero-order valence-electron chi connectivity index (χ0n) is 11.1. The van der Waals surface area contributed by atoms with Crippen molar-refractivity contribution in [1.82, 2.24) is 9.80 Å². The number of amides is 1. The Labute approximate surface area is 108 Å². The molecule has 2 saturated heterocycles. The summed E-state index contributed by atoms with van der Waals surface area (Å²) < 4.78 is 5.32. The number of likely N-dealkylation sites (tertiary alicyclic amines) is 1. The first kappa shape index (κ1) is 13.5. The van der Waals surface area contributed by atoms with Gasteiger partial charge in [-0.3, -0.25) is 14.5 Å². The minimum absolute atomic E-state index is 0.150. The Morgan fingerprint density at radius 1 is 1.33 bits per heavy atom. The zero-order valence-corrected chi connectivity index (χ0v) is 11.1. The highest BCUT2D eigenvalue weighted by Gasteiger charge is 2.24. The number of likely N-dealkylation sites (N-methyl/N-ethyl adjacent to an activating group) is 1. The minimum atomic E-state index is 0.150. The van der Waals surface area contributed by atoms with Gasteiger partial charge in [0.1, 0.15) is 5.78 Å². The Kier molecular flexibility index (Phi) is 4.72. The topological polar surface area (TPSA) is 49.9 Å². The first-order valence-electron chi connectivity index (χ1n) is 6.74. The molecule has 0 unspecified atom stereocenters. The molecule has 2 aliphatic rings. The van der Waals surface area contributed by atoms with E-state index in [1.54, 1.807) is 0 Å². The van der Waals surface area contributed by atoms with E-state index in [4.69, 9.17) is 4.74 Å². The normalized spacial score (nSPS) is 22.6. The van der Waals surface area contributed by atoms with Gasteiger partial charge in [0.2, 0.25) is 5.91 Å². The van der Waals surface area contributed by atoms with Crippen LogP contribution in [0.15, 0.2) is 0 Å². The number of hydrogen-bond acceptors (Lipinski definition) is 4. The van der Waals surface area contributed by atoms with Crippen molar-refractivity contribution >= 4 is 11.7 Å². The Hall–Kier alpha value is -0.940. The molecule has 5 heteroatoms. The van der Waals surface area contributed by atoms with Crippen molar-refractivity contribution in [3.05, 3.63) is 0 Å². The van der Waals surface area contributed by atoms with E-state index in [2.05, 4.69) is 4.90 Å². The monoisotopic (exact) mass is 254 g/mol. The van der Waals surface area contributed by atoms with Gasteiger partial charge in [0.05, 0.1) is 6.54 Å². The van der Waals surface area contributed by atoms with E-state index < -0.39 is 0 Å². The number of ether oxygens (including phenoxy) is 1. The van der Waals surface area contributed by atoms with Gasteiger partial charge in [-0.2, -0.15) is 0 Å². The summed E-state index contributed by atoms with van der Waals surface area (Å²) in [6.07, 6.45) is 3.05. The Morgan fingerprint density at radius 3 is 2.56 bits per heavy atom. The fourth-order valence-electron chi connectivity index (χ4n) is 2.57. The maximum atomic E-state index is 12.1. The van der Waals surface area contributed by atoms with Crippen LogP contribution >= 0.6 is 0 Å². The molecule has 0 aromatic carbocycles. The second-order valence-electron chi connectivity index (χ2n) is 5.18. The molecule has 102 valence electrons. The second-order valence-corrected chi connectivity index (χ2v) is 5.18. The quantitative estimate of drug-likeness (QED) is 0.726. The molecule has 0 N–H and O–H groups in total. The van der Waals surface area contributed by atoms with Crippen molar-refractivity contribution in [2.24, 2.45) is 0 Å². The summed E-state index contributed by atoms with van der Waals surface area (Å²) in [5.74, 6) is 0.424. The molecule has 0 aromatic heterocycles. The summed E-state index contributed by atoms with van der Waals surface area (Å²) in [6, 6.07) is 0.453. The number of hydrogen-bond donors (Lipinski definition) is 0. The molecule has 0 bridgehead atoms. The smallest absolute Gasteiger partial charge is 0.236 e. The van der Waals surface area contributed by atoms with E-state index in [-0.39, 0.29) is 11.7 Å². The van der Waals surface area contributed by atoms with E-state index in [0.717, 1.165) is 26.1 Å². The van der Waals surface area contributed by atoms with Crippen LogP contribution in [0, 0.1) is 0 Å². The van der Waals surface area contributed by atoms with Crippen LogP contribution in [0.3, 0.4) is 0 Å². The fourth-order valence-corrected chi connectivity index (χ4v) is 2.57. The van der Waals surface area contributed by atoms with E-state index in [1.807, 2.05) is 11.9 Å². The summed E-state index contributed by atoms with van der Waals surface area (Å²) >= 11 is 0. The average molecular weight is 254 g/mol. The maximum Gasteiger partial charge on any atom is 0.236 e. The highest BCUT2D eigenvalue weighted by atomic mass is 16.5. The van der Waals surface area contributed by atoms with Gasteiger partial charge in [-0.15, -0.1) is 0 Å². The molecule has 0 aliphatic carbocycles. The third-order valence-corrected chi connectivity index (χ3v) is 3.87. The van der Waals surface area contributed by atoms with Crippen LogP contribution in [0.1, 0.15) is 25.7 Å². The lowest BCUT2D eigenvalue weighted by Gasteiger charge is -2.33. The van der Waals surface area contributed by atoms with Gasteiger partial charge in [0.25, 0.3) is 0 Å². The summed E-state index contributed by atoms with van der Waals surface area (Å²) in [5, 5.41) is 0. The standard InChI is InChI=1S/C13H22N2O3/c1-14(11-4-8-18-9-5-11)10-13(17)15-6-2-12(16)3-7-15/h11H,2-10H2,1H3. The predicted octanol–water partition coefficient (Wildman–Crippen LogP) is 0.289. The molecule has 1 amide bonds. The molecule has 0 atom stereocenters. The van der Waals surface area contributed by atoms with Crippen molar-refractivity contribution in [1.29, 1.82) is 0 Å². The van der Waals surface area contributed by atoms with Crippen LogP contribution in [0.5, 0.6) is 0 Å². The van der Waals surface area contributed by atoms with Crippen molar-refractivity contribution < 1.29 is 14.3 Å². The van der Waals surface area contributed by atoms with Crippen molar-refractivity contribution in [2.75, 3.05) is 39.9 Å². The van der Waals surface area contributed by atoms with Gasteiger partial charge in [-0.25, -0.2) is 0 Å². The largest absolute Gasteiger partial charge is 0.381 e. The van der Waals surface area contributed by atoms with E-state index in [9.17, 15) is 9.59 Å². The lowest BCUT2D eigenvalue weighted by Crippen LogP contribution is -2.46. The van der Waals surface area contributed by atoms with Gasteiger partial charge >= 0.3 is 0 Å². The summed E-state index contributed by atoms with van der Waals surface area (Å²) in [5.41, 5.74) is 0. The third-order valence-electron chi connectivity index (χ3n) is 3.87. The molecule has 2 rings (SSSR count). The molecule has 18 heavy (non-hydrogen) atoms. The minimum Gasteiger partial charge on any atom is -0.381 e. The fraction of sp³-hybridized carbons (Fsp3) is 0.846. The first-order valence-corrected chi connectivity index (χ1v) is 6.74. The summed E-state index contributed by atoms with van der Waals surface area (Å²) in [6.45, 7) is 3.24. The molecule has 5 nitrogen and oxygen atoms in total. The lowest BCUT2D eigenvalue weighted by atomic mass is 10.1. The average Bonchev–Trinajstić information content (AvgIpc) is 2.40. The Bertz CT molecular complexity index is 303. The Morgan fingerprint density at radius 2 is 1.94 bits per heavy atom. The van der Waals surface area contributed by atoms with Crippen molar-refractivity contribution in [2.45, 2.75) is 31.7 Å². The van der Waals surface area contributed by atoms with Crippen LogP contribution in [-0.2, 0) is 14.3 Å². The van der Waals surface area contributed by atoms with Crippen LogP contribution < -0.4 is 0 Å². The highest BCUT2D eigenvalue weighted by molar-refractivity contribution is 5.84. The molecular weight excluding hydrogens is 232 g/mol.